The van der Waals surface area contributed by atoms with Crippen LogP contribution in [0.2, 0.25) is 0 Å². The Morgan fingerprint density at radius 3 is 2.68 bits per heavy atom. The van der Waals surface area contributed by atoms with Crippen molar-refractivity contribution in [3.05, 3.63) is 59.4 Å². The van der Waals surface area contributed by atoms with Crippen LogP contribution in [0.5, 0.6) is 0 Å². The summed E-state index contributed by atoms with van der Waals surface area (Å²) in [6.07, 6.45) is 1.43. The molecule has 1 atom stereocenters. The number of fused-ring (bicyclic) bond motifs is 1. The van der Waals surface area contributed by atoms with Gasteiger partial charge in [0, 0.05) is 24.2 Å². The van der Waals surface area contributed by atoms with Gasteiger partial charge in [-0.05, 0) is 25.8 Å². The Morgan fingerprint density at radius 1 is 1.29 bits per heavy atom. The maximum atomic E-state index is 13.7. The molecule has 0 bridgehead atoms. The largest absolute Gasteiger partial charge is 0.386 e. The molecule has 1 saturated heterocycles. The van der Waals surface area contributed by atoms with E-state index in [1.54, 1.807) is 54.9 Å². The van der Waals surface area contributed by atoms with E-state index >= 15 is 0 Å². The molecule has 1 aliphatic heterocycles. The molecular weight excluding hydrogens is 359 g/mol. The third kappa shape index (κ3) is 3.62. The minimum absolute atomic E-state index is 0.0607. The fourth-order valence-corrected chi connectivity index (χ4v) is 3.52. The number of aliphatic hydroxyl groups is 1. The van der Waals surface area contributed by atoms with Gasteiger partial charge in [-0.1, -0.05) is 24.3 Å². The highest BCUT2D eigenvalue weighted by Crippen LogP contribution is 2.24. The molecule has 6 nitrogen and oxygen atoms in total. The molecule has 0 radical (unpaired) electrons. The van der Waals surface area contributed by atoms with Gasteiger partial charge in [0.2, 0.25) is 0 Å². The zero-order chi connectivity index (χ0) is 19.9. The molecule has 146 valence electrons. The number of nitrogens with zero attached hydrogens (tertiary/aromatic N) is 4. The van der Waals surface area contributed by atoms with Crippen LogP contribution in [-0.4, -0.2) is 44.7 Å². The van der Waals surface area contributed by atoms with Crippen molar-refractivity contribution in [2.24, 2.45) is 0 Å². The Labute approximate surface area is 162 Å². The molecule has 0 aliphatic carbocycles. The Kier molecular flexibility index (Phi) is 4.63. The van der Waals surface area contributed by atoms with Crippen molar-refractivity contribution in [1.29, 1.82) is 0 Å². The number of aromatic nitrogens is 3. The number of alkyl halides is 1. The number of halogens is 1. The van der Waals surface area contributed by atoms with Gasteiger partial charge >= 0.3 is 0 Å². The van der Waals surface area contributed by atoms with Crippen molar-refractivity contribution in [1.82, 2.24) is 14.6 Å². The molecule has 28 heavy (non-hydrogen) atoms. The van der Waals surface area contributed by atoms with Crippen molar-refractivity contribution in [3.8, 4) is 0 Å². The van der Waals surface area contributed by atoms with Crippen LogP contribution in [0, 0.1) is 0 Å². The van der Waals surface area contributed by atoms with Crippen molar-refractivity contribution in [3.63, 3.8) is 0 Å². The first-order valence-electron chi connectivity index (χ1n) is 9.40. The van der Waals surface area contributed by atoms with Crippen LogP contribution in [0.3, 0.4) is 0 Å². The van der Waals surface area contributed by atoms with Crippen molar-refractivity contribution in [2.75, 3.05) is 18.0 Å². The molecule has 2 aromatic heterocycles. The summed E-state index contributed by atoms with van der Waals surface area (Å²) < 4.78 is 15.4. The van der Waals surface area contributed by atoms with Crippen molar-refractivity contribution >= 4 is 17.2 Å². The average molecular weight is 382 g/mol. The number of Topliss-reactive ketones (excluding diaryl/α,β-unsaturated/α-hetero) is 1. The second-order valence-electron chi connectivity index (χ2n) is 7.78. The molecule has 1 unspecified atom stereocenters. The number of benzene rings is 1. The molecule has 3 heterocycles. The van der Waals surface area contributed by atoms with Gasteiger partial charge in [-0.25, -0.2) is 9.37 Å². The highest BCUT2D eigenvalue weighted by Gasteiger charge is 2.25. The Hall–Kier alpha value is -2.80. The molecule has 1 aromatic carbocycles. The molecule has 0 spiro atoms. The Morgan fingerprint density at radius 2 is 2.04 bits per heavy atom. The van der Waals surface area contributed by atoms with Crippen LogP contribution in [0.1, 0.15) is 41.9 Å². The first kappa shape index (κ1) is 18.6. The Balaban J connectivity index is 1.60. The highest BCUT2D eigenvalue weighted by molar-refractivity contribution is 5.97. The van der Waals surface area contributed by atoms with Crippen LogP contribution in [0.25, 0.3) is 5.65 Å². The number of hydrogen-bond acceptors (Lipinski definition) is 5. The summed E-state index contributed by atoms with van der Waals surface area (Å²) >= 11 is 0. The number of hydrogen-bond donors (Lipinski definition) is 1. The summed E-state index contributed by atoms with van der Waals surface area (Å²) in [5.41, 5.74) is 1.63. The normalized spacial score (nSPS) is 17.4. The minimum atomic E-state index is -0.949. The van der Waals surface area contributed by atoms with Gasteiger partial charge in [-0.3, -0.25) is 4.79 Å². The van der Waals surface area contributed by atoms with Gasteiger partial charge in [0.05, 0.1) is 30.5 Å². The average Bonchev–Trinajstić information content (AvgIpc) is 3.29. The third-order valence-corrected chi connectivity index (χ3v) is 5.10. The molecule has 0 saturated carbocycles. The lowest BCUT2D eigenvalue weighted by atomic mass is 9.96. The fraction of sp³-hybridized carbons (Fsp3) is 0.381. The number of anilines is 1. The first-order valence-corrected chi connectivity index (χ1v) is 9.40. The van der Waals surface area contributed by atoms with Gasteiger partial charge < -0.3 is 10.0 Å². The number of carbonyl (C=O) groups excluding carboxylic acids is 1. The lowest BCUT2D eigenvalue weighted by Gasteiger charge is -2.19. The lowest BCUT2D eigenvalue weighted by Crippen LogP contribution is -2.23. The van der Waals surface area contributed by atoms with E-state index in [1.165, 1.54) is 0 Å². The monoisotopic (exact) mass is 382 g/mol. The van der Waals surface area contributed by atoms with E-state index in [4.69, 9.17) is 0 Å². The van der Waals surface area contributed by atoms with E-state index in [-0.39, 0.29) is 12.2 Å². The number of ketones is 1. The molecule has 1 aliphatic rings. The van der Waals surface area contributed by atoms with Crippen LogP contribution in [-0.2, 0) is 12.0 Å². The smallest absolute Gasteiger partial charge is 0.168 e. The molecule has 4 rings (SSSR count). The summed E-state index contributed by atoms with van der Waals surface area (Å²) in [6.45, 7) is 4.35. The summed E-state index contributed by atoms with van der Waals surface area (Å²) in [5, 5.41) is 14.3. The zero-order valence-electron chi connectivity index (χ0n) is 16.0. The quantitative estimate of drug-likeness (QED) is 0.687. The van der Waals surface area contributed by atoms with Crippen LogP contribution >= 0.6 is 0 Å². The third-order valence-electron chi connectivity index (χ3n) is 5.10. The fourth-order valence-electron chi connectivity index (χ4n) is 3.52. The van der Waals surface area contributed by atoms with E-state index in [0.29, 0.717) is 36.4 Å². The van der Waals surface area contributed by atoms with Gasteiger partial charge in [0.15, 0.2) is 11.4 Å². The minimum Gasteiger partial charge on any atom is -0.386 e. The summed E-state index contributed by atoms with van der Waals surface area (Å²) in [6, 6.07) is 10.6. The standard InChI is InChI=1S/C21H23FN4O2/c1-21(2,28)15-5-3-14(4-6-15)18(27)11-17-12-20(25-10-8-16(22)13-25)26-19(24-17)7-9-23-26/h3-7,9,12,16,28H,8,10-11,13H2,1-2H3. The van der Waals surface area contributed by atoms with E-state index in [1.807, 2.05) is 11.0 Å². The lowest BCUT2D eigenvalue weighted by molar-refractivity contribution is 0.0784. The van der Waals surface area contributed by atoms with Gasteiger partial charge in [-0.15, -0.1) is 0 Å². The predicted octanol–water partition coefficient (Wildman–Crippen LogP) is 2.93. The molecule has 3 aromatic rings. The van der Waals surface area contributed by atoms with E-state index < -0.39 is 11.8 Å². The second-order valence-corrected chi connectivity index (χ2v) is 7.78. The van der Waals surface area contributed by atoms with Gasteiger partial charge in [-0.2, -0.15) is 9.61 Å². The highest BCUT2D eigenvalue weighted by atomic mass is 19.1. The molecule has 7 heteroatoms. The SMILES string of the molecule is CC(C)(O)c1ccc(C(=O)Cc2cc(N3CCC(F)C3)n3nccc3n2)cc1. The maximum absolute atomic E-state index is 13.7. The molecular formula is C21H23FN4O2. The zero-order valence-corrected chi connectivity index (χ0v) is 16.0. The van der Waals surface area contributed by atoms with Crippen molar-refractivity contribution in [2.45, 2.75) is 38.5 Å². The summed E-state index contributed by atoms with van der Waals surface area (Å²) in [4.78, 5) is 19.2. The van der Waals surface area contributed by atoms with E-state index in [2.05, 4.69) is 10.1 Å². The predicted molar refractivity (Wildman–Crippen MR) is 104 cm³/mol. The summed E-state index contributed by atoms with van der Waals surface area (Å²) in [5.74, 6) is 0.699. The van der Waals surface area contributed by atoms with Crippen LogP contribution < -0.4 is 4.90 Å². The summed E-state index contributed by atoms with van der Waals surface area (Å²) in [7, 11) is 0. The first-order chi connectivity index (χ1) is 13.3. The Bertz CT molecular complexity index is 1010. The molecule has 1 N–H and O–H groups in total. The second kappa shape index (κ2) is 6.98. The van der Waals surface area contributed by atoms with E-state index in [0.717, 1.165) is 11.4 Å². The van der Waals surface area contributed by atoms with E-state index in [9.17, 15) is 14.3 Å². The maximum Gasteiger partial charge on any atom is 0.168 e. The number of rotatable bonds is 5. The van der Waals surface area contributed by atoms with Gasteiger partial charge in [0.25, 0.3) is 0 Å². The van der Waals surface area contributed by atoms with Crippen LogP contribution in [0.15, 0.2) is 42.6 Å². The number of carbonyl (C=O) groups is 1. The van der Waals surface area contributed by atoms with Crippen molar-refractivity contribution < 1.29 is 14.3 Å². The molecule has 0 amide bonds. The van der Waals surface area contributed by atoms with Gasteiger partial charge in [0.1, 0.15) is 12.0 Å². The molecule has 1 fully saturated rings. The topological polar surface area (TPSA) is 70.7 Å². The van der Waals surface area contributed by atoms with Crippen LogP contribution in [0.4, 0.5) is 10.2 Å².